The average Bonchev–Trinajstić information content (AvgIpc) is 2.83. The van der Waals surface area contributed by atoms with Crippen molar-refractivity contribution in [1.29, 1.82) is 5.26 Å². The van der Waals surface area contributed by atoms with Crippen molar-refractivity contribution >= 4 is 11.6 Å². The molecule has 0 spiro atoms. The predicted octanol–water partition coefficient (Wildman–Crippen LogP) is 3.42. The van der Waals surface area contributed by atoms with Gasteiger partial charge in [0.1, 0.15) is 5.56 Å². The van der Waals surface area contributed by atoms with E-state index < -0.39 is 0 Å². The largest absolute Gasteiger partial charge is 0.360 e. The molecule has 0 unspecified atom stereocenters. The van der Waals surface area contributed by atoms with Crippen LogP contribution in [0.15, 0.2) is 28.8 Å². The Morgan fingerprint density at radius 1 is 1.38 bits per heavy atom. The standard InChI is InChI=1S/C16H17N3O2/c1-10(2)15-14(11(3)19-21-15)16(20)18-13-6-4-12(5-7-13)8-9-17/h4-7,10H,8H2,1-3H3,(H,18,20). The summed E-state index contributed by atoms with van der Waals surface area (Å²) in [5.41, 5.74) is 2.67. The summed E-state index contributed by atoms with van der Waals surface area (Å²) in [6.45, 7) is 5.65. The first-order valence-corrected chi connectivity index (χ1v) is 6.76. The average molecular weight is 283 g/mol. The lowest BCUT2D eigenvalue weighted by molar-refractivity contribution is 0.102. The minimum atomic E-state index is -0.231. The number of hydrogen-bond acceptors (Lipinski definition) is 4. The van der Waals surface area contributed by atoms with Crippen molar-refractivity contribution in [3.8, 4) is 6.07 Å². The van der Waals surface area contributed by atoms with Gasteiger partial charge in [-0.25, -0.2) is 0 Å². The van der Waals surface area contributed by atoms with Crippen LogP contribution in [0.5, 0.6) is 0 Å². The Kier molecular flexibility index (Phi) is 4.39. The van der Waals surface area contributed by atoms with Crippen molar-refractivity contribution in [2.45, 2.75) is 33.1 Å². The van der Waals surface area contributed by atoms with Crippen LogP contribution in [-0.4, -0.2) is 11.1 Å². The van der Waals surface area contributed by atoms with Crippen LogP contribution in [0.2, 0.25) is 0 Å². The van der Waals surface area contributed by atoms with Gasteiger partial charge in [0.05, 0.1) is 18.2 Å². The lowest BCUT2D eigenvalue weighted by Crippen LogP contribution is -2.14. The Bertz CT molecular complexity index is 679. The number of carbonyl (C=O) groups is 1. The van der Waals surface area contributed by atoms with E-state index in [1.165, 1.54) is 0 Å². The van der Waals surface area contributed by atoms with Crippen LogP contribution in [0.25, 0.3) is 0 Å². The number of carbonyl (C=O) groups excluding carboxylic acids is 1. The molecule has 0 saturated carbocycles. The van der Waals surface area contributed by atoms with Crippen molar-refractivity contribution in [1.82, 2.24) is 5.16 Å². The maximum atomic E-state index is 12.4. The zero-order valence-corrected chi connectivity index (χ0v) is 12.3. The Balaban J connectivity index is 2.18. The molecule has 2 aromatic rings. The minimum Gasteiger partial charge on any atom is -0.360 e. The number of nitrogens with one attached hydrogen (secondary N) is 1. The first-order valence-electron chi connectivity index (χ1n) is 6.76. The van der Waals surface area contributed by atoms with E-state index in [2.05, 4.69) is 16.5 Å². The SMILES string of the molecule is Cc1noc(C(C)C)c1C(=O)Nc1ccc(CC#N)cc1. The molecule has 1 aromatic carbocycles. The quantitative estimate of drug-likeness (QED) is 0.932. The van der Waals surface area contributed by atoms with Crippen LogP contribution in [-0.2, 0) is 6.42 Å². The number of hydrogen-bond donors (Lipinski definition) is 1. The van der Waals surface area contributed by atoms with Gasteiger partial charge in [0.25, 0.3) is 5.91 Å². The first-order chi connectivity index (χ1) is 10.0. The second-order valence-electron chi connectivity index (χ2n) is 5.15. The summed E-state index contributed by atoms with van der Waals surface area (Å²) in [5.74, 6) is 0.446. The maximum Gasteiger partial charge on any atom is 0.261 e. The molecule has 1 aromatic heterocycles. The Hall–Kier alpha value is -2.61. The van der Waals surface area contributed by atoms with Crippen LogP contribution >= 0.6 is 0 Å². The third-order valence-corrected chi connectivity index (χ3v) is 3.14. The van der Waals surface area contributed by atoms with Crippen LogP contribution < -0.4 is 5.32 Å². The van der Waals surface area contributed by atoms with Crippen LogP contribution in [0.1, 0.15) is 47.1 Å². The van der Waals surface area contributed by atoms with Gasteiger partial charge in [0.15, 0.2) is 5.76 Å². The van der Waals surface area contributed by atoms with E-state index in [4.69, 9.17) is 9.78 Å². The molecule has 0 saturated heterocycles. The number of aryl methyl sites for hydroxylation is 1. The Morgan fingerprint density at radius 2 is 2.05 bits per heavy atom. The predicted molar refractivity (Wildman–Crippen MR) is 79.0 cm³/mol. The topological polar surface area (TPSA) is 78.9 Å². The fourth-order valence-electron chi connectivity index (χ4n) is 2.05. The molecule has 1 amide bonds. The molecule has 1 N–H and O–H groups in total. The van der Waals surface area contributed by atoms with E-state index in [1.807, 2.05) is 26.0 Å². The highest BCUT2D eigenvalue weighted by atomic mass is 16.5. The summed E-state index contributed by atoms with van der Waals surface area (Å²) in [7, 11) is 0. The molecule has 1 heterocycles. The van der Waals surface area contributed by atoms with E-state index in [1.54, 1.807) is 19.1 Å². The van der Waals surface area contributed by atoms with E-state index in [0.29, 0.717) is 29.1 Å². The highest BCUT2D eigenvalue weighted by Gasteiger charge is 2.22. The Morgan fingerprint density at radius 3 is 2.62 bits per heavy atom. The lowest BCUT2D eigenvalue weighted by Gasteiger charge is -2.07. The summed E-state index contributed by atoms with van der Waals surface area (Å²) in [4.78, 5) is 12.4. The molecular weight excluding hydrogens is 266 g/mol. The first kappa shape index (κ1) is 14.8. The fourth-order valence-corrected chi connectivity index (χ4v) is 2.05. The molecule has 108 valence electrons. The van der Waals surface area contributed by atoms with Gasteiger partial charge < -0.3 is 9.84 Å². The minimum absolute atomic E-state index is 0.0879. The molecular formula is C16H17N3O2. The molecule has 0 bridgehead atoms. The van der Waals surface area contributed by atoms with Crippen molar-refractivity contribution in [3.05, 3.63) is 46.8 Å². The van der Waals surface area contributed by atoms with Crippen LogP contribution in [0.3, 0.4) is 0 Å². The monoisotopic (exact) mass is 283 g/mol. The molecule has 5 nitrogen and oxygen atoms in total. The molecule has 0 radical (unpaired) electrons. The molecule has 0 aliphatic heterocycles. The smallest absolute Gasteiger partial charge is 0.261 e. The summed E-state index contributed by atoms with van der Waals surface area (Å²) in [6.07, 6.45) is 0.358. The lowest BCUT2D eigenvalue weighted by atomic mass is 10.0. The number of amides is 1. The van der Waals surface area contributed by atoms with Gasteiger partial charge in [0.2, 0.25) is 0 Å². The van der Waals surface area contributed by atoms with E-state index in [-0.39, 0.29) is 11.8 Å². The number of anilines is 1. The van der Waals surface area contributed by atoms with Gasteiger partial charge in [-0.3, -0.25) is 4.79 Å². The maximum absolute atomic E-state index is 12.4. The summed E-state index contributed by atoms with van der Waals surface area (Å²) in [5, 5.41) is 15.3. The van der Waals surface area contributed by atoms with Crippen molar-refractivity contribution in [3.63, 3.8) is 0 Å². The third kappa shape index (κ3) is 3.29. The summed E-state index contributed by atoms with van der Waals surface area (Å²) >= 11 is 0. The van der Waals surface area contributed by atoms with Gasteiger partial charge in [0, 0.05) is 11.6 Å². The molecule has 0 aliphatic carbocycles. The molecule has 21 heavy (non-hydrogen) atoms. The number of nitriles is 1. The molecule has 0 atom stereocenters. The van der Waals surface area contributed by atoms with Crippen molar-refractivity contribution in [2.24, 2.45) is 0 Å². The normalized spacial score (nSPS) is 10.4. The third-order valence-electron chi connectivity index (χ3n) is 3.14. The number of benzene rings is 1. The van der Waals surface area contributed by atoms with E-state index in [9.17, 15) is 4.79 Å². The van der Waals surface area contributed by atoms with Gasteiger partial charge in [-0.15, -0.1) is 0 Å². The molecule has 0 fully saturated rings. The van der Waals surface area contributed by atoms with Gasteiger partial charge >= 0.3 is 0 Å². The second-order valence-corrected chi connectivity index (χ2v) is 5.15. The molecule has 0 aliphatic rings. The van der Waals surface area contributed by atoms with Crippen molar-refractivity contribution < 1.29 is 9.32 Å². The van der Waals surface area contributed by atoms with Crippen LogP contribution in [0.4, 0.5) is 5.69 Å². The zero-order chi connectivity index (χ0) is 15.4. The number of nitrogens with zero attached hydrogens (tertiary/aromatic N) is 2. The summed E-state index contributed by atoms with van der Waals surface area (Å²) in [6, 6.07) is 9.29. The van der Waals surface area contributed by atoms with Gasteiger partial charge in [-0.05, 0) is 24.6 Å². The highest BCUT2D eigenvalue weighted by Crippen LogP contribution is 2.23. The highest BCUT2D eigenvalue weighted by molar-refractivity contribution is 6.05. The molecule has 2 rings (SSSR count). The van der Waals surface area contributed by atoms with Gasteiger partial charge in [-0.1, -0.05) is 31.1 Å². The van der Waals surface area contributed by atoms with E-state index >= 15 is 0 Å². The zero-order valence-electron chi connectivity index (χ0n) is 12.3. The van der Waals surface area contributed by atoms with Crippen molar-refractivity contribution in [2.75, 3.05) is 5.32 Å². The fraction of sp³-hybridized carbons (Fsp3) is 0.312. The summed E-state index contributed by atoms with van der Waals surface area (Å²) < 4.78 is 5.22. The number of aromatic nitrogens is 1. The second kappa shape index (κ2) is 6.23. The Labute approximate surface area is 123 Å². The number of rotatable bonds is 4. The van der Waals surface area contributed by atoms with Gasteiger partial charge in [-0.2, -0.15) is 5.26 Å². The van der Waals surface area contributed by atoms with E-state index in [0.717, 1.165) is 5.56 Å². The molecule has 5 heteroatoms. The van der Waals surface area contributed by atoms with Crippen LogP contribution in [0, 0.1) is 18.3 Å².